The number of benzene rings is 1. The van der Waals surface area contributed by atoms with E-state index in [1.165, 1.54) is 0 Å². The predicted molar refractivity (Wildman–Crippen MR) is 137 cm³/mol. The van der Waals surface area contributed by atoms with Crippen LogP contribution in [0.5, 0.6) is 0 Å². The summed E-state index contributed by atoms with van der Waals surface area (Å²) in [6, 6.07) is 7.74. The van der Waals surface area contributed by atoms with Gasteiger partial charge >= 0.3 is 6.09 Å². The lowest BCUT2D eigenvalue weighted by Crippen LogP contribution is -2.39. The van der Waals surface area contributed by atoms with Crippen molar-refractivity contribution in [2.45, 2.75) is 59.6 Å². The van der Waals surface area contributed by atoms with Crippen molar-refractivity contribution in [1.82, 2.24) is 16.0 Å². The Bertz CT molecular complexity index is 719. The number of aliphatic imine (C=N–C) groups is 1. The Labute approximate surface area is 203 Å². The number of nitrogens with zero attached hydrogens (tertiary/aromatic N) is 1. The Kier molecular flexibility index (Phi) is 13.9. The third kappa shape index (κ3) is 13.1. The zero-order chi connectivity index (χ0) is 22.6. The van der Waals surface area contributed by atoms with Crippen molar-refractivity contribution in [3.63, 3.8) is 0 Å². The summed E-state index contributed by atoms with van der Waals surface area (Å²) in [7, 11) is 1.71. The number of ether oxygens (including phenoxy) is 1. The Morgan fingerprint density at radius 2 is 1.81 bits per heavy atom. The van der Waals surface area contributed by atoms with Crippen molar-refractivity contribution < 1.29 is 14.3 Å². The number of carbonyl (C=O) groups is 2. The minimum absolute atomic E-state index is 0. The number of hydrogen-bond acceptors (Lipinski definition) is 4. The van der Waals surface area contributed by atoms with Crippen LogP contribution in [0.4, 0.5) is 10.5 Å². The van der Waals surface area contributed by atoms with Gasteiger partial charge in [-0.15, -0.1) is 24.0 Å². The van der Waals surface area contributed by atoms with E-state index in [-0.39, 0.29) is 35.8 Å². The van der Waals surface area contributed by atoms with Gasteiger partial charge in [-0.25, -0.2) is 4.79 Å². The van der Waals surface area contributed by atoms with Crippen LogP contribution in [0.3, 0.4) is 0 Å². The molecule has 0 aromatic heterocycles. The molecule has 8 nitrogen and oxygen atoms in total. The zero-order valence-electron chi connectivity index (χ0n) is 19.5. The summed E-state index contributed by atoms with van der Waals surface area (Å²) in [6.45, 7) is 11.1. The Hall–Kier alpha value is -2.04. The summed E-state index contributed by atoms with van der Waals surface area (Å²) in [5.41, 5.74) is 1.32. The maximum atomic E-state index is 12.1. The number of halogens is 1. The molecule has 0 fully saturated rings. The average molecular weight is 547 g/mol. The highest BCUT2D eigenvalue weighted by molar-refractivity contribution is 14.0. The van der Waals surface area contributed by atoms with E-state index in [9.17, 15) is 9.59 Å². The van der Waals surface area contributed by atoms with E-state index in [1.807, 2.05) is 58.9 Å². The molecule has 0 bridgehead atoms. The van der Waals surface area contributed by atoms with Gasteiger partial charge in [-0.1, -0.05) is 26.0 Å². The second-order valence-corrected chi connectivity index (χ2v) is 8.13. The van der Waals surface area contributed by atoms with Crippen LogP contribution in [0.25, 0.3) is 0 Å². The van der Waals surface area contributed by atoms with E-state index >= 15 is 0 Å². The SMILES string of the molecule is CCC(C)C(=O)Nc1cccc(CNC(=NC)NCCCNC(=O)OC(C)(C)C)c1.I. The lowest BCUT2D eigenvalue weighted by atomic mass is 10.1. The largest absolute Gasteiger partial charge is 0.444 e. The predicted octanol–water partition coefficient (Wildman–Crippen LogP) is 3.87. The number of amides is 2. The van der Waals surface area contributed by atoms with Gasteiger partial charge in [0.05, 0.1) is 0 Å². The van der Waals surface area contributed by atoms with E-state index in [4.69, 9.17) is 4.74 Å². The molecular formula is C22H38IN5O3. The van der Waals surface area contributed by atoms with Crippen molar-refractivity contribution >= 4 is 47.6 Å². The van der Waals surface area contributed by atoms with Gasteiger partial charge in [0.1, 0.15) is 5.60 Å². The molecule has 1 aromatic carbocycles. The molecule has 0 aliphatic rings. The molecule has 31 heavy (non-hydrogen) atoms. The second kappa shape index (κ2) is 14.9. The van der Waals surface area contributed by atoms with Crippen molar-refractivity contribution in [2.24, 2.45) is 10.9 Å². The van der Waals surface area contributed by atoms with Crippen LogP contribution in [-0.2, 0) is 16.1 Å². The summed E-state index contributed by atoms with van der Waals surface area (Å²) in [5.74, 6) is 0.681. The van der Waals surface area contributed by atoms with Crippen LogP contribution >= 0.6 is 24.0 Å². The van der Waals surface area contributed by atoms with Crippen LogP contribution in [0.2, 0.25) is 0 Å². The number of rotatable bonds is 9. The molecular weight excluding hydrogens is 509 g/mol. The molecule has 1 atom stereocenters. The Balaban J connectivity index is 0.00000900. The van der Waals surface area contributed by atoms with Crippen LogP contribution in [0.1, 0.15) is 53.0 Å². The molecule has 4 N–H and O–H groups in total. The van der Waals surface area contributed by atoms with Gasteiger partial charge in [-0.05, 0) is 51.3 Å². The molecule has 0 aliphatic heterocycles. The normalized spacial score (nSPS) is 12.3. The number of nitrogens with one attached hydrogen (secondary N) is 4. The van der Waals surface area contributed by atoms with Crippen molar-refractivity contribution in [3.05, 3.63) is 29.8 Å². The summed E-state index contributed by atoms with van der Waals surface area (Å²) in [5, 5.41) is 12.1. The minimum Gasteiger partial charge on any atom is -0.444 e. The first-order chi connectivity index (χ1) is 14.1. The highest BCUT2D eigenvalue weighted by atomic mass is 127. The summed E-state index contributed by atoms with van der Waals surface area (Å²) in [4.78, 5) is 27.9. The van der Waals surface area contributed by atoms with Crippen molar-refractivity contribution in [1.29, 1.82) is 0 Å². The number of anilines is 1. The van der Waals surface area contributed by atoms with Crippen LogP contribution < -0.4 is 21.3 Å². The van der Waals surface area contributed by atoms with E-state index in [0.29, 0.717) is 25.6 Å². The topological polar surface area (TPSA) is 104 Å². The van der Waals surface area contributed by atoms with E-state index in [1.54, 1.807) is 7.05 Å². The minimum atomic E-state index is -0.497. The van der Waals surface area contributed by atoms with Gasteiger partial charge in [0.2, 0.25) is 5.91 Å². The Morgan fingerprint density at radius 3 is 2.42 bits per heavy atom. The van der Waals surface area contributed by atoms with Crippen LogP contribution in [0.15, 0.2) is 29.3 Å². The van der Waals surface area contributed by atoms with Crippen molar-refractivity contribution in [3.8, 4) is 0 Å². The fourth-order valence-electron chi connectivity index (χ4n) is 2.42. The van der Waals surface area contributed by atoms with E-state index in [0.717, 1.165) is 24.1 Å². The second-order valence-electron chi connectivity index (χ2n) is 8.13. The first-order valence-corrected chi connectivity index (χ1v) is 10.5. The quantitative estimate of drug-likeness (QED) is 0.163. The fraction of sp³-hybridized carbons (Fsp3) is 0.591. The molecule has 0 saturated heterocycles. The fourth-order valence-corrected chi connectivity index (χ4v) is 2.42. The lowest BCUT2D eigenvalue weighted by molar-refractivity contribution is -0.119. The van der Waals surface area contributed by atoms with Crippen LogP contribution in [-0.4, -0.2) is 43.7 Å². The summed E-state index contributed by atoms with van der Waals surface area (Å²) >= 11 is 0. The number of carbonyl (C=O) groups excluding carboxylic acids is 2. The van der Waals surface area contributed by atoms with Gasteiger partial charge in [0.15, 0.2) is 5.96 Å². The summed E-state index contributed by atoms with van der Waals surface area (Å²) in [6.07, 6.45) is 1.13. The third-order valence-corrected chi connectivity index (χ3v) is 4.25. The summed E-state index contributed by atoms with van der Waals surface area (Å²) < 4.78 is 5.19. The maximum Gasteiger partial charge on any atom is 0.407 e. The maximum absolute atomic E-state index is 12.1. The molecule has 0 radical (unpaired) electrons. The monoisotopic (exact) mass is 547 g/mol. The first kappa shape index (κ1) is 29.0. The molecule has 0 aliphatic carbocycles. The first-order valence-electron chi connectivity index (χ1n) is 10.5. The third-order valence-electron chi connectivity index (χ3n) is 4.25. The zero-order valence-corrected chi connectivity index (χ0v) is 21.8. The van der Waals surface area contributed by atoms with Crippen molar-refractivity contribution in [2.75, 3.05) is 25.5 Å². The average Bonchev–Trinajstić information content (AvgIpc) is 2.68. The molecule has 1 unspecified atom stereocenters. The smallest absolute Gasteiger partial charge is 0.407 e. The molecule has 9 heteroatoms. The molecule has 0 heterocycles. The molecule has 0 saturated carbocycles. The number of hydrogen-bond donors (Lipinski definition) is 4. The lowest BCUT2D eigenvalue weighted by Gasteiger charge is -2.19. The number of alkyl carbamates (subject to hydrolysis) is 1. The van der Waals surface area contributed by atoms with Gasteiger partial charge in [0, 0.05) is 38.3 Å². The molecule has 176 valence electrons. The highest BCUT2D eigenvalue weighted by Crippen LogP contribution is 2.13. The molecule has 1 aromatic rings. The van der Waals surface area contributed by atoms with Gasteiger partial charge < -0.3 is 26.0 Å². The Morgan fingerprint density at radius 1 is 1.13 bits per heavy atom. The van der Waals surface area contributed by atoms with E-state index in [2.05, 4.69) is 26.3 Å². The molecule has 1 rings (SSSR count). The van der Waals surface area contributed by atoms with Crippen LogP contribution in [0, 0.1) is 5.92 Å². The molecule has 2 amide bonds. The highest BCUT2D eigenvalue weighted by Gasteiger charge is 2.15. The molecule has 0 spiro atoms. The van der Waals surface area contributed by atoms with E-state index < -0.39 is 11.7 Å². The van der Waals surface area contributed by atoms with Gasteiger partial charge in [0.25, 0.3) is 0 Å². The van der Waals surface area contributed by atoms with Gasteiger partial charge in [-0.2, -0.15) is 0 Å². The standard InChI is InChI=1S/C22H37N5O3.HI/c1-7-16(2)19(28)27-18-11-8-10-17(14-18)15-26-20(23-6)24-12-9-13-25-21(29)30-22(3,4)5;/h8,10-11,14,16H,7,9,12-13,15H2,1-6H3,(H,25,29)(H,27,28)(H2,23,24,26);1H. The number of guanidine groups is 1. The van der Waals surface area contributed by atoms with Gasteiger partial charge in [-0.3, -0.25) is 9.79 Å².